The van der Waals surface area contributed by atoms with Crippen molar-refractivity contribution >= 4 is 21.6 Å². The summed E-state index contributed by atoms with van der Waals surface area (Å²) in [7, 11) is -3.66. The van der Waals surface area contributed by atoms with Crippen LogP contribution in [0.4, 0.5) is 5.69 Å². The van der Waals surface area contributed by atoms with E-state index in [-0.39, 0.29) is 28.5 Å². The molecular formula is C23H31N3O4S. The number of benzene rings is 2. The molecule has 1 fully saturated rings. The lowest BCUT2D eigenvalue weighted by Crippen LogP contribution is -2.58. The van der Waals surface area contributed by atoms with E-state index < -0.39 is 10.0 Å². The van der Waals surface area contributed by atoms with Crippen molar-refractivity contribution in [2.45, 2.75) is 50.3 Å². The lowest BCUT2D eigenvalue weighted by Gasteiger charge is -2.45. The van der Waals surface area contributed by atoms with E-state index in [4.69, 9.17) is 4.74 Å². The largest absolute Gasteiger partial charge is 0.373 e. The number of nitrogens with one attached hydrogen (secondary N) is 2. The van der Waals surface area contributed by atoms with E-state index in [0.717, 1.165) is 13.1 Å². The van der Waals surface area contributed by atoms with E-state index in [9.17, 15) is 13.2 Å². The summed E-state index contributed by atoms with van der Waals surface area (Å²) in [5.74, 6) is -0.195. The average molecular weight is 446 g/mol. The van der Waals surface area contributed by atoms with Crippen LogP contribution in [0.5, 0.6) is 0 Å². The second kappa shape index (κ2) is 9.38. The summed E-state index contributed by atoms with van der Waals surface area (Å²) in [6.45, 7) is 10.5. The van der Waals surface area contributed by atoms with Crippen molar-refractivity contribution in [2.75, 3.05) is 24.4 Å². The van der Waals surface area contributed by atoms with Crippen LogP contribution in [-0.2, 0) is 14.8 Å². The highest BCUT2D eigenvalue weighted by molar-refractivity contribution is 7.92. The maximum absolute atomic E-state index is 12.6. The van der Waals surface area contributed by atoms with Gasteiger partial charge >= 0.3 is 0 Å². The Balaban J connectivity index is 1.59. The Morgan fingerprint density at radius 2 is 1.61 bits per heavy atom. The van der Waals surface area contributed by atoms with Gasteiger partial charge in [-0.1, -0.05) is 18.2 Å². The van der Waals surface area contributed by atoms with Crippen molar-refractivity contribution in [1.82, 2.24) is 10.2 Å². The molecule has 3 rings (SSSR count). The van der Waals surface area contributed by atoms with Crippen LogP contribution in [0.1, 0.15) is 38.1 Å². The minimum Gasteiger partial charge on any atom is -0.373 e. The van der Waals surface area contributed by atoms with Crippen LogP contribution in [0.15, 0.2) is 59.5 Å². The van der Waals surface area contributed by atoms with Crippen molar-refractivity contribution in [3.63, 3.8) is 0 Å². The standard InChI is InChI=1S/C23H31N3O4S/c1-17-14-26(15-18(2)30-17)23(3,4)16-24-22(27)19-10-12-20(13-11-19)25-31(28,29)21-8-6-5-7-9-21/h5-13,17-18,25H,14-16H2,1-4H3,(H,24,27). The first-order valence-corrected chi connectivity index (χ1v) is 11.9. The second-order valence-corrected chi connectivity index (χ2v) is 10.3. The molecule has 0 saturated carbocycles. The van der Waals surface area contributed by atoms with Gasteiger partial charge in [0.2, 0.25) is 0 Å². The molecular weight excluding hydrogens is 414 g/mol. The minimum absolute atomic E-state index is 0.158. The number of carbonyl (C=O) groups excluding carboxylic acids is 1. The molecule has 7 nitrogen and oxygen atoms in total. The van der Waals surface area contributed by atoms with Gasteiger partial charge in [-0.05, 0) is 64.1 Å². The zero-order chi connectivity index (χ0) is 22.6. The molecule has 0 bridgehead atoms. The second-order valence-electron chi connectivity index (χ2n) is 8.65. The van der Waals surface area contributed by atoms with Gasteiger partial charge in [-0.15, -0.1) is 0 Å². The molecule has 1 saturated heterocycles. The van der Waals surface area contributed by atoms with E-state index in [0.29, 0.717) is 17.8 Å². The van der Waals surface area contributed by atoms with Crippen LogP contribution in [0.2, 0.25) is 0 Å². The minimum atomic E-state index is -3.66. The van der Waals surface area contributed by atoms with Gasteiger partial charge in [0, 0.05) is 36.4 Å². The summed E-state index contributed by atoms with van der Waals surface area (Å²) in [5.41, 5.74) is 0.659. The highest BCUT2D eigenvalue weighted by Gasteiger charge is 2.33. The predicted octanol–water partition coefficient (Wildman–Crippen LogP) is 3.11. The fourth-order valence-corrected chi connectivity index (χ4v) is 4.77. The summed E-state index contributed by atoms with van der Waals surface area (Å²) in [5, 5.41) is 3.00. The van der Waals surface area contributed by atoms with E-state index in [1.807, 2.05) is 0 Å². The number of nitrogens with zero attached hydrogens (tertiary/aromatic N) is 1. The molecule has 1 heterocycles. The quantitative estimate of drug-likeness (QED) is 0.684. The van der Waals surface area contributed by atoms with Crippen molar-refractivity contribution < 1.29 is 17.9 Å². The molecule has 1 aliphatic rings. The molecule has 2 aromatic rings. The molecule has 2 N–H and O–H groups in total. The Bertz CT molecular complexity index is 981. The number of hydrogen-bond donors (Lipinski definition) is 2. The highest BCUT2D eigenvalue weighted by atomic mass is 32.2. The summed E-state index contributed by atoms with van der Waals surface area (Å²) in [6.07, 6.45) is 0.317. The summed E-state index contributed by atoms with van der Waals surface area (Å²) in [4.78, 5) is 15.2. The Kier molecular flexibility index (Phi) is 7.03. The van der Waals surface area contributed by atoms with Gasteiger partial charge in [-0.25, -0.2) is 8.42 Å². The molecule has 168 valence electrons. The van der Waals surface area contributed by atoms with E-state index in [2.05, 4.69) is 42.6 Å². The van der Waals surface area contributed by atoms with Gasteiger partial charge in [0.05, 0.1) is 17.1 Å². The maximum Gasteiger partial charge on any atom is 0.261 e. The first-order chi connectivity index (χ1) is 14.6. The predicted molar refractivity (Wildman–Crippen MR) is 122 cm³/mol. The number of anilines is 1. The lowest BCUT2D eigenvalue weighted by atomic mass is 10.00. The van der Waals surface area contributed by atoms with Crippen LogP contribution < -0.4 is 10.0 Å². The number of amides is 1. The molecule has 1 aliphatic heterocycles. The Hall–Kier alpha value is -2.42. The van der Waals surface area contributed by atoms with Crippen molar-refractivity contribution in [3.05, 3.63) is 60.2 Å². The molecule has 1 amide bonds. The van der Waals surface area contributed by atoms with Crippen LogP contribution in [0.3, 0.4) is 0 Å². The van der Waals surface area contributed by atoms with E-state index in [1.165, 1.54) is 12.1 Å². The Morgan fingerprint density at radius 1 is 1.03 bits per heavy atom. The number of sulfonamides is 1. The zero-order valence-electron chi connectivity index (χ0n) is 18.5. The third-order valence-corrected chi connectivity index (χ3v) is 6.81. The molecule has 0 aliphatic carbocycles. The fourth-order valence-electron chi connectivity index (χ4n) is 3.69. The molecule has 2 unspecified atom stereocenters. The SMILES string of the molecule is CC1CN(C(C)(C)CNC(=O)c2ccc(NS(=O)(=O)c3ccccc3)cc2)CC(C)O1. The normalized spacial score (nSPS) is 20.3. The summed E-state index contributed by atoms with van der Waals surface area (Å²) in [6, 6.07) is 14.6. The van der Waals surface area contributed by atoms with Crippen molar-refractivity contribution in [3.8, 4) is 0 Å². The maximum atomic E-state index is 12.6. The molecule has 8 heteroatoms. The van der Waals surface area contributed by atoms with Crippen molar-refractivity contribution in [2.24, 2.45) is 0 Å². The van der Waals surface area contributed by atoms with Crippen molar-refractivity contribution in [1.29, 1.82) is 0 Å². The molecule has 2 aromatic carbocycles. The number of carbonyl (C=O) groups is 1. The first-order valence-electron chi connectivity index (χ1n) is 10.4. The lowest BCUT2D eigenvalue weighted by molar-refractivity contribution is -0.0948. The fraction of sp³-hybridized carbons (Fsp3) is 0.435. The third kappa shape index (κ3) is 6.06. The number of ether oxygens (including phenoxy) is 1. The smallest absolute Gasteiger partial charge is 0.261 e. The molecule has 0 spiro atoms. The molecule has 2 atom stereocenters. The van der Waals surface area contributed by atoms with E-state index in [1.54, 1.807) is 42.5 Å². The average Bonchev–Trinajstić information content (AvgIpc) is 2.72. The highest BCUT2D eigenvalue weighted by Crippen LogP contribution is 2.21. The van der Waals surface area contributed by atoms with Gasteiger partial charge in [-0.3, -0.25) is 14.4 Å². The Labute approximate surface area is 184 Å². The first kappa shape index (κ1) is 23.2. The van der Waals surface area contributed by atoms with Gasteiger partial charge in [0.15, 0.2) is 0 Å². The van der Waals surface area contributed by atoms with Crippen LogP contribution in [0.25, 0.3) is 0 Å². The van der Waals surface area contributed by atoms with Crippen LogP contribution in [0, 0.1) is 0 Å². The topological polar surface area (TPSA) is 87.7 Å². The molecule has 31 heavy (non-hydrogen) atoms. The monoisotopic (exact) mass is 445 g/mol. The van der Waals surface area contributed by atoms with Gasteiger partial charge in [-0.2, -0.15) is 0 Å². The summed E-state index contributed by atoms with van der Waals surface area (Å²) < 4.78 is 33.2. The third-order valence-electron chi connectivity index (χ3n) is 5.41. The van der Waals surface area contributed by atoms with Crippen LogP contribution >= 0.6 is 0 Å². The number of hydrogen-bond acceptors (Lipinski definition) is 5. The Morgan fingerprint density at radius 3 is 2.19 bits per heavy atom. The van der Waals surface area contributed by atoms with Gasteiger partial charge in [0.1, 0.15) is 0 Å². The van der Waals surface area contributed by atoms with Gasteiger partial charge < -0.3 is 10.1 Å². The zero-order valence-corrected chi connectivity index (χ0v) is 19.3. The van der Waals surface area contributed by atoms with E-state index >= 15 is 0 Å². The molecule has 0 aromatic heterocycles. The molecule has 0 radical (unpaired) electrons. The van der Waals surface area contributed by atoms with Crippen LogP contribution in [-0.4, -0.2) is 56.6 Å². The number of morpholine rings is 1. The summed E-state index contributed by atoms with van der Waals surface area (Å²) >= 11 is 0. The number of rotatable bonds is 7. The van der Waals surface area contributed by atoms with Gasteiger partial charge in [0.25, 0.3) is 15.9 Å².